The maximum atomic E-state index is 12.9. The van der Waals surface area contributed by atoms with E-state index < -0.39 is 30.0 Å². The van der Waals surface area contributed by atoms with Gasteiger partial charge in [-0.15, -0.1) is 0 Å². The number of fused-ring (bicyclic) bond motifs is 2. The van der Waals surface area contributed by atoms with E-state index >= 15 is 0 Å². The van der Waals surface area contributed by atoms with Gasteiger partial charge >= 0.3 is 12.2 Å². The van der Waals surface area contributed by atoms with Crippen LogP contribution in [0.3, 0.4) is 0 Å². The molecule has 25 heavy (non-hydrogen) atoms. The number of amides is 1. The molecular weight excluding hydrogens is 339 g/mol. The number of morpholine rings is 1. The van der Waals surface area contributed by atoms with Crippen molar-refractivity contribution in [2.45, 2.75) is 64.1 Å². The lowest BCUT2D eigenvalue weighted by Crippen LogP contribution is -2.60. The molecule has 0 N–H and O–H groups in total. The number of carbonyl (C=O) groups is 2. The molecule has 2 fully saturated rings. The van der Waals surface area contributed by atoms with Crippen LogP contribution in [0.5, 0.6) is 0 Å². The SMILES string of the molecule is CC(C)(C)OC(=O)N1C2COCC1CC(C(=O)CCC(F)=C(F)F)C2. The molecule has 2 bridgehead atoms. The molecule has 2 aliphatic rings. The lowest BCUT2D eigenvalue weighted by molar-refractivity contribution is -0.132. The zero-order valence-electron chi connectivity index (χ0n) is 14.7. The van der Waals surface area contributed by atoms with E-state index in [2.05, 4.69) is 0 Å². The van der Waals surface area contributed by atoms with Crippen molar-refractivity contribution >= 4 is 11.9 Å². The first-order valence-electron chi connectivity index (χ1n) is 8.40. The number of ketones is 1. The summed E-state index contributed by atoms with van der Waals surface area (Å²) in [6, 6.07) is -0.593. The number of allylic oxidation sites excluding steroid dienone is 1. The van der Waals surface area contributed by atoms with Crippen molar-refractivity contribution in [1.82, 2.24) is 4.90 Å². The molecule has 0 saturated carbocycles. The topological polar surface area (TPSA) is 55.8 Å². The summed E-state index contributed by atoms with van der Waals surface area (Å²) in [6.07, 6.45) is -2.92. The molecule has 2 atom stereocenters. The Morgan fingerprint density at radius 2 is 1.64 bits per heavy atom. The van der Waals surface area contributed by atoms with Crippen LogP contribution in [-0.4, -0.2) is 47.7 Å². The summed E-state index contributed by atoms with van der Waals surface area (Å²) in [5.41, 5.74) is -0.626. The van der Waals surface area contributed by atoms with E-state index in [1.54, 1.807) is 25.7 Å². The van der Waals surface area contributed by atoms with Crippen LogP contribution < -0.4 is 0 Å². The first kappa shape index (κ1) is 19.8. The Balaban J connectivity index is 1.99. The molecule has 0 aromatic carbocycles. The summed E-state index contributed by atoms with van der Waals surface area (Å²) >= 11 is 0. The summed E-state index contributed by atoms with van der Waals surface area (Å²) in [7, 11) is 0. The quantitative estimate of drug-likeness (QED) is 0.762. The third-order valence-corrected chi connectivity index (χ3v) is 4.38. The second-order valence-corrected chi connectivity index (χ2v) is 7.53. The Bertz CT molecular complexity index is 541. The lowest BCUT2D eigenvalue weighted by Gasteiger charge is -2.47. The average Bonchev–Trinajstić information content (AvgIpc) is 2.48. The van der Waals surface area contributed by atoms with Gasteiger partial charge in [0.15, 0.2) is 5.83 Å². The number of carbonyl (C=O) groups excluding carboxylic acids is 2. The molecular formula is C17H24F3NO4. The van der Waals surface area contributed by atoms with Gasteiger partial charge in [0.2, 0.25) is 0 Å². The molecule has 2 aliphatic heterocycles. The molecule has 0 radical (unpaired) electrons. The Morgan fingerprint density at radius 3 is 2.12 bits per heavy atom. The number of hydrogen-bond donors (Lipinski definition) is 0. The minimum Gasteiger partial charge on any atom is -0.444 e. The average molecular weight is 363 g/mol. The molecule has 8 heteroatoms. The summed E-state index contributed by atoms with van der Waals surface area (Å²) in [5, 5.41) is 0. The van der Waals surface area contributed by atoms with Gasteiger partial charge in [-0.25, -0.2) is 9.18 Å². The third kappa shape index (κ3) is 5.20. The number of halogens is 3. The van der Waals surface area contributed by atoms with Gasteiger partial charge in [0.25, 0.3) is 0 Å². The minimum atomic E-state index is -2.38. The van der Waals surface area contributed by atoms with Crippen molar-refractivity contribution in [2.24, 2.45) is 5.92 Å². The van der Waals surface area contributed by atoms with Gasteiger partial charge in [0.05, 0.1) is 25.3 Å². The van der Waals surface area contributed by atoms with Gasteiger partial charge < -0.3 is 9.47 Å². The summed E-state index contributed by atoms with van der Waals surface area (Å²) in [6.45, 7) is 5.93. The van der Waals surface area contributed by atoms with Crippen molar-refractivity contribution < 1.29 is 32.2 Å². The highest BCUT2D eigenvalue weighted by Gasteiger charge is 2.44. The lowest BCUT2D eigenvalue weighted by atomic mass is 9.81. The molecule has 0 aromatic heterocycles. The van der Waals surface area contributed by atoms with E-state index in [1.165, 1.54) is 0 Å². The molecule has 2 saturated heterocycles. The van der Waals surface area contributed by atoms with Gasteiger partial charge in [-0.2, -0.15) is 8.78 Å². The molecule has 0 spiro atoms. The maximum Gasteiger partial charge on any atom is 0.410 e. The maximum absolute atomic E-state index is 12.9. The van der Waals surface area contributed by atoms with Crippen molar-refractivity contribution in [2.75, 3.05) is 13.2 Å². The van der Waals surface area contributed by atoms with E-state index in [1.807, 2.05) is 0 Å². The van der Waals surface area contributed by atoms with E-state index in [0.29, 0.717) is 26.1 Å². The van der Waals surface area contributed by atoms with Crippen molar-refractivity contribution in [1.29, 1.82) is 0 Å². The predicted molar refractivity (Wildman–Crippen MR) is 83.8 cm³/mol. The molecule has 1 amide bonds. The van der Waals surface area contributed by atoms with Crippen LogP contribution >= 0.6 is 0 Å². The van der Waals surface area contributed by atoms with E-state index in [4.69, 9.17) is 9.47 Å². The molecule has 0 aromatic rings. The Hall–Kier alpha value is -1.57. The largest absolute Gasteiger partial charge is 0.444 e. The summed E-state index contributed by atoms with van der Waals surface area (Å²) in [5.74, 6) is -2.17. The van der Waals surface area contributed by atoms with Gasteiger partial charge in [-0.1, -0.05) is 0 Å². The van der Waals surface area contributed by atoms with Gasteiger partial charge in [-0.05, 0) is 33.6 Å². The van der Waals surface area contributed by atoms with E-state index in [0.717, 1.165) is 0 Å². The highest BCUT2D eigenvalue weighted by Crippen LogP contribution is 2.34. The van der Waals surface area contributed by atoms with Crippen LogP contribution in [0.2, 0.25) is 0 Å². The van der Waals surface area contributed by atoms with E-state index in [-0.39, 0.29) is 30.2 Å². The normalized spacial score (nSPS) is 26.2. The summed E-state index contributed by atoms with van der Waals surface area (Å²) in [4.78, 5) is 26.3. The van der Waals surface area contributed by atoms with Crippen LogP contribution in [0.4, 0.5) is 18.0 Å². The number of Topliss-reactive ketones (excluding diaryl/α,β-unsaturated/α-hetero) is 1. The fraction of sp³-hybridized carbons (Fsp3) is 0.765. The highest BCUT2D eigenvalue weighted by molar-refractivity contribution is 5.82. The smallest absolute Gasteiger partial charge is 0.410 e. The van der Waals surface area contributed by atoms with Crippen molar-refractivity contribution in [3.63, 3.8) is 0 Å². The molecule has 142 valence electrons. The van der Waals surface area contributed by atoms with Gasteiger partial charge in [0.1, 0.15) is 11.4 Å². The fourth-order valence-corrected chi connectivity index (χ4v) is 3.32. The zero-order chi connectivity index (χ0) is 18.8. The van der Waals surface area contributed by atoms with E-state index in [9.17, 15) is 22.8 Å². The van der Waals surface area contributed by atoms with Crippen LogP contribution in [0.15, 0.2) is 11.9 Å². The van der Waals surface area contributed by atoms with Crippen LogP contribution in [0, 0.1) is 5.92 Å². The second kappa shape index (κ2) is 7.76. The number of hydrogen-bond acceptors (Lipinski definition) is 4. The standard InChI is InChI=1S/C17H24F3NO4/c1-17(2,3)25-16(23)21-11-6-10(7-12(21)9-24-8-11)14(22)5-4-13(18)15(19)20/h10-12H,4-9H2,1-3H3. The fourth-order valence-electron chi connectivity index (χ4n) is 3.32. The molecule has 5 nitrogen and oxygen atoms in total. The molecule has 0 aliphatic carbocycles. The van der Waals surface area contributed by atoms with Crippen LogP contribution in [0.25, 0.3) is 0 Å². The number of ether oxygens (including phenoxy) is 2. The first-order valence-corrected chi connectivity index (χ1v) is 8.40. The van der Waals surface area contributed by atoms with Gasteiger partial charge in [0, 0.05) is 18.8 Å². The Labute approximate surface area is 145 Å². The monoisotopic (exact) mass is 363 g/mol. The van der Waals surface area contributed by atoms with Gasteiger partial charge in [-0.3, -0.25) is 9.69 Å². The molecule has 2 heterocycles. The predicted octanol–water partition coefficient (Wildman–Crippen LogP) is 3.83. The van der Waals surface area contributed by atoms with Crippen LogP contribution in [0.1, 0.15) is 46.5 Å². The number of piperidine rings is 1. The summed E-state index contributed by atoms with van der Waals surface area (Å²) < 4.78 is 48.0. The highest BCUT2D eigenvalue weighted by atomic mass is 19.3. The molecule has 2 rings (SSSR count). The zero-order valence-corrected chi connectivity index (χ0v) is 14.7. The van der Waals surface area contributed by atoms with Crippen molar-refractivity contribution in [3.8, 4) is 0 Å². The number of nitrogens with zero attached hydrogens (tertiary/aromatic N) is 1. The Kier molecular flexibility index (Phi) is 6.13. The third-order valence-electron chi connectivity index (χ3n) is 4.38. The van der Waals surface area contributed by atoms with Crippen LogP contribution in [-0.2, 0) is 14.3 Å². The van der Waals surface area contributed by atoms with Crippen molar-refractivity contribution in [3.05, 3.63) is 11.9 Å². The first-order chi connectivity index (χ1) is 11.6. The Morgan fingerprint density at radius 1 is 1.08 bits per heavy atom. The second-order valence-electron chi connectivity index (χ2n) is 7.53. The minimum absolute atomic E-state index is 0.253. The molecule has 2 unspecified atom stereocenters. The number of rotatable bonds is 4.